The molecule has 0 saturated carbocycles. The molecule has 2 rings (SSSR count). The molecule has 2 aliphatic heterocycles. The Kier molecular flexibility index (Phi) is 7.26. The molecule has 0 aromatic carbocycles. The van der Waals surface area contributed by atoms with E-state index in [1.807, 2.05) is 0 Å². The molecule has 1 spiro atoms. The van der Waals surface area contributed by atoms with Crippen molar-refractivity contribution >= 4 is 20.0 Å². The van der Waals surface area contributed by atoms with Crippen molar-refractivity contribution in [3.8, 4) is 0 Å². The Labute approximate surface area is 135 Å². The Morgan fingerprint density at radius 1 is 0.714 bits per heavy atom. The predicted octanol–water partition coefficient (Wildman–Crippen LogP) is 4.60. The van der Waals surface area contributed by atoms with Gasteiger partial charge >= 0.3 is 136 Å². The second-order valence-electron chi connectivity index (χ2n) is 6.33. The first-order valence-corrected chi connectivity index (χ1v) is 13.5. The summed E-state index contributed by atoms with van der Waals surface area (Å²) in [6.45, 7) is 8.85. The fourth-order valence-corrected chi connectivity index (χ4v) is 9.26. The van der Waals surface area contributed by atoms with Crippen LogP contribution in [0.25, 0.3) is 0 Å². The standard InChI is InChI=1S/2C8H16O2.Sn/c2*1-3-5-6-7(4-2)8(9)10;/h2*7-8H,3-6H2,1-2H3;/q2*-2;+4. The Morgan fingerprint density at radius 2 is 1.10 bits per heavy atom. The van der Waals surface area contributed by atoms with Crippen molar-refractivity contribution in [2.75, 3.05) is 0 Å². The van der Waals surface area contributed by atoms with Crippen LogP contribution in [0.4, 0.5) is 0 Å². The van der Waals surface area contributed by atoms with Gasteiger partial charge in [-0.2, -0.15) is 0 Å². The molecule has 21 heavy (non-hydrogen) atoms. The molecule has 5 heteroatoms. The van der Waals surface area contributed by atoms with Crippen molar-refractivity contribution in [3.63, 3.8) is 0 Å². The monoisotopic (exact) mass is 408 g/mol. The van der Waals surface area contributed by atoms with E-state index in [-0.39, 0.29) is 12.6 Å². The van der Waals surface area contributed by atoms with Crippen LogP contribution in [0.1, 0.15) is 79.1 Å². The second-order valence-corrected chi connectivity index (χ2v) is 11.9. The van der Waals surface area contributed by atoms with Crippen molar-refractivity contribution in [3.05, 3.63) is 0 Å². The van der Waals surface area contributed by atoms with Gasteiger partial charge in [0.15, 0.2) is 0 Å². The molecule has 2 aliphatic rings. The van der Waals surface area contributed by atoms with Gasteiger partial charge in [0, 0.05) is 0 Å². The molecule has 0 N–H and O–H groups in total. The average Bonchev–Trinajstić information content (AvgIpc) is 2.41. The summed E-state index contributed by atoms with van der Waals surface area (Å²) in [6.07, 6.45) is 9.36. The molecular weight excluding hydrogens is 375 g/mol. The first-order chi connectivity index (χ1) is 10.2. The molecule has 2 heterocycles. The Balaban J connectivity index is 1.70. The van der Waals surface area contributed by atoms with E-state index in [1.165, 1.54) is 38.5 Å². The zero-order valence-corrected chi connectivity index (χ0v) is 17.0. The van der Waals surface area contributed by atoms with Gasteiger partial charge in [-0.25, -0.2) is 0 Å². The molecule has 4 nitrogen and oxygen atoms in total. The third-order valence-corrected chi connectivity index (χ3v) is 10.7. The fraction of sp³-hybridized carbons (Fsp3) is 1.00. The van der Waals surface area contributed by atoms with E-state index in [4.69, 9.17) is 12.3 Å². The maximum atomic E-state index is 5.99. The van der Waals surface area contributed by atoms with Gasteiger partial charge in [0.25, 0.3) is 0 Å². The maximum absolute atomic E-state index is 5.99. The summed E-state index contributed by atoms with van der Waals surface area (Å²) < 4.78 is 23.9. The van der Waals surface area contributed by atoms with Gasteiger partial charge in [-0.15, -0.1) is 0 Å². The Morgan fingerprint density at radius 3 is 1.38 bits per heavy atom. The summed E-state index contributed by atoms with van der Waals surface area (Å²) in [7, 11) is 0. The van der Waals surface area contributed by atoms with Gasteiger partial charge in [-0.1, -0.05) is 0 Å². The number of hydrogen-bond acceptors (Lipinski definition) is 4. The summed E-state index contributed by atoms with van der Waals surface area (Å²) in [5.74, 6) is 1.00. The van der Waals surface area contributed by atoms with Crippen LogP contribution >= 0.6 is 0 Å². The van der Waals surface area contributed by atoms with E-state index in [0.29, 0.717) is 11.8 Å². The van der Waals surface area contributed by atoms with Crippen molar-refractivity contribution in [1.82, 2.24) is 0 Å². The molecule has 0 radical (unpaired) electrons. The molecule has 2 fully saturated rings. The van der Waals surface area contributed by atoms with Gasteiger partial charge < -0.3 is 0 Å². The SMILES string of the molecule is CCCCC(CC)C1[O][Sn]2([O]1)[O]C(C(CC)CCCC)[O]2. The van der Waals surface area contributed by atoms with Crippen LogP contribution < -0.4 is 0 Å². The quantitative estimate of drug-likeness (QED) is 0.496. The van der Waals surface area contributed by atoms with Crippen LogP contribution in [0, 0.1) is 11.8 Å². The van der Waals surface area contributed by atoms with E-state index in [2.05, 4.69) is 27.7 Å². The van der Waals surface area contributed by atoms with Crippen molar-refractivity contribution in [2.24, 2.45) is 11.8 Å². The van der Waals surface area contributed by atoms with Gasteiger partial charge in [0.2, 0.25) is 0 Å². The summed E-state index contributed by atoms with van der Waals surface area (Å²) in [5, 5.41) is 0. The van der Waals surface area contributed by atoms with Gasteiger partial charge in [-0.3, -0.25) is 0 Å². The van der Waals surface area contributed by atoms with E-state index < -0.39 is 20.0 Å². The van der Waals surface area contributed by atoms with E-state index in [9.17, 15) is 0 Å². The normalized spacial score (nSPS) is 34.3. The van der Waals surface area contributed by atoms with Crippen LogP contribution in [-0.4, -0.2) is 32.6 Å². The first-order valence-electron chi connectivity index (χ1n) is 8.89. The zero-order valence-electron chi connectivity index (χ0n) is 14.1. The zero-order chi connectivity index (χ0) is 15.3. The molecule has 2 unspecified atom stereocenters. The summed E-state index contributed by atoms with van der Waals surface area (Å²) in [5.41, 5.74) is 0. The van der Waals surface area contributed by atoms with E-state index in [1.54, 1.807) is 0 Å². The van der Waals surface area contributed by atoms with Crippen molar-refractivity contribution < 1.29 is 12.3 Å². The van der Waals surface area contributed by atoms with Crippen LogP contribution in [0.5, 0.6) is 0 Å². The van der Waals surface area contributed by atoms with Crippen molar-refractivity contribution in [1.29, 1.82) is 0 Å². The summed E-state index contributed by atoms with van der Waals surface area (Å²) >= 11 is -3.42. The van der Waals surface area contributed by atoms with Gasteiger partial charge in [0.05, 0.1) is 0 Å². The van der Waals surface area contributed by atoms with E-state index in [0.717, 1.165) is 12.8 Å². The second kappa shape index (κ2) is 8.48. The molecule has 0 aromatic heterocycles. The minimum absolute atomic E-state index is 0.0611. The van der Waals surface area contributed by atoms with Crippen LogP contribution in [0.15, 0.2) is 0 Å². The molecule has 0 bridgehead atoms. The fourth-order valence-electron chi connectivity index (χ4n) is 3.08. The number of hydrogen-bond donors (Lipinski definition) is 0. The third-order valence-electron chi connectivity index (χ3n) is 4.72. The van der Waals surface area contributed by atoms with Crippen molar-refractivity contribution in [2.45, 2.75) is 91.6 Å². The predicted molar refractivity (Wildman–Crippen MR) is 84.3 cm³/mol. The minimum atomic E-state index is -3.42. The number of unbranched alkanes of at least 4 members (excludes halogenated alkanes) is 2. The molecular formula is C16H32O4Sn. The van der Waals surface area contributed by atoms with Gasteiger partial charge in [-0.05, 0) is 0 Å². The van der Waals surface area contributed by atoms with Gasteiger partial charge in [0.1, 0.15) is 0 Å². The first kappa shape index (κ1) is 18.0. The average molecular weight is 407 g/mol. The van der Waals surface area contributed by atoms with Crippen LogP contribution in [-0.2, 0) is 12.3 Å². The molecule has 2 saturated heterocycles. The van der Waals surface area contributed by atoms with Crippen LogP contribution in [0.3, 0.4) is 0 Å². The molecule has 2 atom stereocenters. The summed E-state index contributed by atoms with van der Waals surface area (Å²) in [6, 6.07) is 0. The molecule has 0 amide bonds. The topological polar surface area (TPSA) is 36.9 Å². The Bertz CT molecular complexity index is 267. The van der Waals surface area contributed by atoms with E-state index >= 15 is 0 Å². The molecule has 124 valence electrons. The summed E-state index contributed by atoms with van der Waals surface area (Å²) in [4.78, 5) is 0. The Hall–Kier alpha value is 0.639. The van der Waals surface area contributed by atoms with Crippen LogP contribution in [0.2, 0.25) is 0 Å². The number of rotatable bonds is 10. The molecule has 0 aliphatic carbocycles. The molecule has 0 aromatic rings. The third kappa shape index (κ3) is 4.34.